The van der Waals surface area contributed by atoms with Crippen LogP contribution in [0.25, 0.3) is 0 Å². The van der Waals surface area contributed by atoms with Gasteiger partial charge in [-0.3, -0.25) is 14.3 Å². The van der Waals surface area contributed by atoms with E-state index in [2.05, 4.69) is 19.9 Å². The third-order valence-corrected chi connectivity index (χ3v) is 10.2. The minimum atomic E-state index is -4.82. The molecular formula is C23H30F3N5O7S2. The number of hydrogen-bond acceptors (Lipinski definition) is 8. The van der Waals surface area contributed by atoms with Gasteiger partial charge >= 0.3 is 12.3 Å². The molecule has 1 aliphatic carbocycles. The normalized spacial score (nSPS) is 18.2. The Morgan fingerprint density at radius 3 is 2.45 bits per heavy atom. The number of halogens is 3. The molecule has 222 valence electrons. The van der Waals surface area contributed by atoms with Crippen molar-refractivity contribution in [3.8, 4) is 5.75 Å². The minimum absolute atomic E-state index is 0.0159. The van der Waals surface area contributed by atoms with Crippen LogP contribution in [0.3, 0.4) is 0 Å². The maximum atomic E-state index is 13.8. The first-order valence-electron chi connectivity index (χ1n) is 12.4. The molecule has 0 bridgehead atoms. The topological polar surface area (TPSA) is 149 Å². The Balaban J connectivity index is 1.65. The zero-order chi connectivity index (χ0) is 29.7. The average Bonchev–Trinajstić information content (AvgIpc) is 3.64. The first kappa shape index (κ1) is 29.9. The molecule has 0 spiro atoms. The Labute approximate surface area is 229 Å². The number of alkyl halides is 3. The monoisotopic (exact) mass is 609 g/mol. The number of aromatic nitrogens is 2. The number of carbonyl (C=O) groups is 1. The number of ether oxygens (including phenoxy) is 2. The van der Waals surface area contributed by atoms with Crippen LogP contribution in [0.2, 0.25) is 0 Å². The highest BCUT2D eigenvalue weighted by Crippen LogP contribution is 2.40. The predicted molar refractivity (Wildman–Crippen MR) is 138 cm³/mol. The summed E-state index contributed by atoms with van der Waals surface area (Å²) in [5.41, 5.74) is -2.62. The highest BCUT2D eigenvalue weighted by atomic mass is 32.2. The zero-order valence-electron chi connectivity index (χ0n) is 22.1. The van der Waals surface area contributed by atoms with E-state index in [1.165, 1.54) is 36.0 Å². The molecule has 1 aliphatic heterocycles. The van der Waals surface area contributed by atoms with Crippen LogP contribution in [0, 0.1) is 6.92 Å². The SMILES string of the molecule is CCn1cc(S(=O)(=O)N2C[C@H](CNS(=O)(=O)C3CC3)Oc3ccc(NC(=O)OC(C)(C)C(F)(F)F)cc32)c(C)n1. The van der Waals surface area contributed by atoms with Crippen molar-refractivity contribution in [2.75, 3.05) is 22.7 Å². The summed E-state index contributed by atoms with van der Waals surface area (Å²) in [7, 11) is -7.85. The molecule has 1 fully saturated rings. The Morgan fingerprint density at radius 1 is 1.20 bits per heavy atom. The van der Waals surface area contributed by atoms with E-state index in [-0.39, 0.29) is 40.8 Å². The van der Waals surface area contributed by atoms with Crippen LogP contribution in [0.15, 0.2) is 29.3 Å². The highest BCUT2D eigenvalue weighted by molar-refractivity contribution is 7.93. The van der Waals surface area contributed by atoms with Crippen LogP contribution in [-0.4, -0.2) is 68.9 Å². The number of nitrogens with one attached hydrogen (secondary N) is 2. The van der Waals surface area contributed by atoms with Crippen LogP contribution < -0.4 is 19.1 Å². The molecule has 1 aromatic carbocycles. The lowest BCUT2D eigenvalue weighted by Gasteiger charge is -2.35. The average molecular weight is 610 g/mol. The van der Waals surface area contributed by atoms with E-state index in [4.69, 9.17) is 4.74 Å². The third kappa shape index (κ3) is 6.15. The number of anilines is 2. The number of amides is 1. The molecule has 1 saturated carbocycles. The zero-order valence-corrected chi connectivity index (χ0v) is 23.8. The summed E-state index contributed by atoms with van der Waals surface area (Å²) in [6.45, 7) is 4.61. The Hall–Kier alpha value is -3.05. The molecule has 0 unspecified atom stereocenters. The number of aryl methyl sites for hydroxylation is 2. The van der Waals surface area contributed by atoms with Gasteiger partial charge in [0.2, 0.25) is 15.6 Å². The van der Waals surface area contributed by atoms with Gasteiger partial charge in [0.1, 0.15) is 16.7 Å². The summed E-state index contributed by atoms with van der Waals surface area (Å²) in [6, 6.07) is 3.84. The lowest BCUT2D eigenvalue weighted by molar-refractivity contribution is -0.242. The molecule has 17 heteroatoms. The van der Waals surface area contributed by atoms with Crippen LogP contribution in [0.1, 0.15) is 39.3 Å². The molecule has 1 atom stereocenters. The molecule has 2 aromatic rings. The van der Waals surface area contributed by atoms with E-state index in [0.29, 0.717) is 33.2 Å². The maximum absolute atomic E-state index is 13.8. The number of carbonyl (C=O) groups excluding carboxylic acids is 1. The van der Waals surface area contributed by atoms with Crippen molar-refractivity contribution in [2.24, 2.45) is 0 Å². The second-order valence-corrected chi connectivity index (χ2v) is 13.9. The molecule has 40 heavy (non-hydrogen) atoms. The highest BCUT2D eigenvalue weighted by Gasteiger charge is 2.51. The summed E-state index contributed by atoms with van der Waals surface area (Å²) < 4.78 is 107. The Kier molecular flexibility index (Phi) is 7.79. The van der Waals surface area contributed by atoms with E-state index in [0.717, 1.165) is 4.31 Å². The number of nitrogens with zero attached hydrogens (tertiary/aromatic N) is 3. The van der Waals surface area contributed by atoms with Crippen molar-refractivity contribution < 1.29 is 44.3 Å². The van der Waals surface area contributed by atoms with E-state index >= 15 is 0 Å². The van der Waals surface area contributed by atoms with Crippen molar-refractivity contribution in [1.29, 1.82) is 0 Å². The van der Waals surface area contributed by atoms with Crippen LogP contribution in [0.5, 0.6) is 5.75 Å². The van der Waals surface area contributed by atoms with Gasteiger partial charge < -0.3 is 9.47 Å². The number of sulfonamides is 2. The summed E-state index contributed by atoms with van der Waals surface area (Å²) in [5.74, 6) is 0.0560. The second-order valence-electron chi connectivity index (χ2n) is 10.0. The fraction of sp³-hybridized carbons (Fsp3) is 0.565. The van der Waals surface area contributed by atoms with Gasteiger partial charge in [-0.15, -0.1) is 0 Å². The molecule has 0 saturated heterocycles. The molecule has 4 rings (SSSR count). The van der Waals surface area contributed by atoms with Gasteiger partial charge in [0.05, 0.1) is 23.2 Å². The smallest absolute Gasteiger partial charge is 0.427 e. The number of rotatable bonds is 9. The lowest BCUT2D eigenvalue weighted by Crippen LogP contribution is -2.48. The number of fused-ring (bicyclic) bond motifs is 1. The third-order valence-electron chi connectivity index (χ3n) is 6.44. The molecule has 1 aromatic heterocycles. The molecular weight excluding hydrogens is 579 g/mol. The molecule has 2 N–H and O–H groups in total. The van der Waals surface area contributed by atoms with Crippen LogP contribution in [-0.2, 0) is 31.3 Å². The number of hydrogen-bond donors (Lipinski definition) is 2. The first-order chi connectivity index (χ1) is 18.4. The second kappa shape index (κ2) is 10.4. The quantitative estimate of drug-likeness (QED) is 0.441. The first-order valence-corrected chi connectivity index (χ1v) is 15.4. The van der Waals surface area contributed by atoms with Gasteiger partial charge in [0, 0.05) is 25.0 Å². The molecule has 0 radical (unpaired) electrons. The van der Waals surface area contributed by atoms with Gasteiger partial charge in [0.25, 0.3) is 10.0 Å². The Bertz CT molecular complexity index is 1500. The lowest BCUT2D eigenvalue weighted by atomic mass is 10.1. The van der Waals surface area contributed by atoms with Crippen molar-refractivity contribution in [3.05, 3.63) is 30.1 Å². The van der Waals surface area contributed by atoms with E-state index in [9.17, 15) is 34.8 Å². The van der Waals surface area contributed by atoms with Gasteiger partial charge in [-0.05, 0) is 58.7 Å². The molecule has 12 nitrogen and oxygen atoms in total. The fourth-order valence-electron chi connectivity index (χ4n) is 3.90. The van der Waals surface area contributed by atoms with E-state index < -0.39 is 49.3 Å². The standard InChI is InChI=1S/C23H30F3N5O7S2/c1-5-30-13-20(14(2)29-30)40(35,36)31-12-16(11-27-39(33,34)17-7-8-17)37-19-9-6-15(10-18(19)31)28-21(32)38-22(3,4)23(24,25)26/h6,9-10,13,16-17,27H,5,7-8,11-12H2,1-4H3,(H,28,32)/t16-/m0/s1. The van der Waals surface area contributed by atoms with Crippen molar-refractivity contribution >= 4 is 37.5 Å². The molecule has 1 amide bonds. The minimum Gasteiger partial charge on any atom is -0.485 e. The maximum Gasteiger partial charge on any atom is 0.427 e. The van der Waals surface area contributed by atoms with Crippen molar-refractivity contribution in [2.45, 2.75) is 75.1 Å². The number of benzene rings is 1. The van der Waals surface area contributed by atoms with Crippen molar-refractivity contribution in [3.63, 3.8) is 0 Å². The van der Waals surface area contributed by atoms with E-state index in [1.807, 2.05) is 0 Å². The summed E-state index contributed by atoms with van der Waals surface area (Å²) in [5, 5.41) is 5.89. The summed E-state index contributed by atoms with van der Waals surface area (Å²) in [6.07, 6.45) is -4.68. The summed E-state index contributed by atoms with van der Waals surface area (Å²) in [4.78, 5) is 12.1. The van der Waals surface area contributed by atoms with Gasteiger partial charge in [-0.25, -0.2) is 26.4 Å². The van der Waals surface area contributed by atoms with Gasteiger partial charge in [-0.1, -0.05) is 0 Å². The predicted octanol–water partition coefficient (Wildman–Crippen LogP) is 3.14. The largest absolute Gasteiger partial charge is 0.485 e. The Morgan fingerprint density at radius 2 is 1.88 bits per heavy atom. The fourth-order valence-corrected chi connectivity index (χ4v) is 6.98. The molecule has 2 aliphatic rings. The van der Waals surface area contributed by atoms with Gasteiger partial charge in [0.15, 0.2) is 0 Å². The van der Waals surface area contributed by atoms with Crippen LogP contribution >= 0.6 is 0 Å². The molecule has 2 heterocycles. The summed E-state index contributed by atoms with van der Waals surface area (Å²) >= 11 is 0. The van der Waals surface area contributed by atoms with E-state index in [1.54, 1.807) is 6.92 Å². The van der Waals surface area contributed by atoms with Crippen molar-refractivity contribution in [1.82, 2.24) is 14.5 Å². The van der Waals surface area contributed by atoms with Crippen LogP contribution in [0.4, 0.5) is 29.3 Å². The van der Waals surface area contributed by atoms with Gasteiger partial charge in [-0.2, -0.15) is 18.3 Å².